The molecular weight excluding hydrogens is 221 g/mol. The largest absolute Gasteiger partial charge is 0.503 e. The number of rotatable bonds is 4. The Balaban J connectivity index is 1.90. The molecule has 1 aromatic carbocycles. The summed E-state index contributed by atoms with van der Waals surface area (Å²) in [6.07, 6.45) is 3.40. The molecule has 2 aromatic rings. The van der Waals surface area contributed by atoms with E-state index in [0.29, 0.717) is 13.2 Å². The second-order valence-electron chi connectivity index (χ2n) is 3.58. The molecule has 0 saturated heterocycles. The van der Waals surface area contributed by atoms with Gasteiger partial charge in [0.25, 0.3) is 0 Å². The van der Waals surface area contributed by atoms with E-state index in [1.54, 1.807) is 41.1 Å². The van der Waals surface area contributed by atoms with Crippen LogP contribution >= 0.6 is 0 Å². The summed E-state index contributed by atoms with van der Waals surface area (Å²) in [6.45, 7) is 0.887. The molecule has 0 bridgehead atoms. The van der Waals surface area contributed by atoms with Gasteiger partial charge in [-0.2, -0.15) is 4.57 Å². The normalized spacial score (nSPS) is 10.2. The zero-order chi connectivity index (χ0) is 12.1. The molecule has 0 aliphatic rings. The Morgan fingerprint density at radius 2 is 2.00 bits per heavy atom. The van der Waals surface area contributed by atoms with Gasteiger partial charge in [0.05, 0.1) is 0 Å². The highest BCUT2D eigenvalue weighted by Gasteiger charge is 2.04. The lowest BCUT2D eigenvalue weighted by Crippen LogP contribution is -2.35. The van der Waals surface area contributed by atoms with Crippen LogP contribution in [0.5, 0.6) is 11.5 Å². The number of hydrogen-bond donors (Lipinski definition) is 1. The van der Waals surface area contributed by atoms with E-state index in [1.807, 2.05) is 6.20 Å². The fourth-order valence-electron chi connectivity index (χ4n) is 1.47. The molecular formula is C13H13FNO2+. The molecule has 17 heavy (non-hydrogen) atoms. The summed E-state index contributed by atoms with van der Waals surface area (Å²) in [5.74, 6) is 0.0695. The van der Waals surface area contributed by atoms with Crippen molar-refractivity contribution in [3.05, 3.63) is 54.6 Å². The van der Waals surface area contributed by atoms with Gasteiger partial charge < -0.3 is 9.84 Å². The Bertz CT molecular complexity index is 502. The molecule has 1 heterocycles. The first-order valence-corrected chi connectivity index (χ1v) is 5.31. The highest BCUT2D eigenvalue weighted by atomic mass is 19.1. The number of ether oxygens (including phenoxy) is 1. The first-order valence-electron chi connectivity index (χ1n) is 5.31. The van der Waals surface area contributed by atoms with Gasteiger partial charge in [0.15, 0.2) is 30.1 Å². The zero-order valence-corrected chi connectivity index (χ0v) is 9.21. The van der Waals surface area contributed by atoms with E-state index in [0.717, 1.165) is 0 Å². The Morgan fingerprint density at radius 1 is 1.18 bits per heavy atom. The first-order chi connectivity index (χ1) is 8.25. The maximum atomic E-state index is 13.2. The van der Waals surface area contributed by atoms with Crippen molar-refractivity contribution in [3.8, 4) is 11.5 Å². The first kappa shape index (κ1) is 11.4. The van der Waals surface area contributed by atoms with Crippen molar-refractivity contribution in [3.63, 3.8) is 0 Å². The minimum absolute atomic E-state index is 0.193. The minimum Gasteiger partial charge on any atom is -0.503 e. The van der Waals surface area contributed by atoms with Crippen molar-refractivity contribution in [1.29, 1.82) is 0 Å². The van der Waals surface area contributed by atoms with Gasteiger partial charge in [0, 0.05) is 6.07 Å². The lowest BCUT2D eigenvalue weighted by molar-refractivity contribution is -0.697. The molecule has 0 unspecified atom stereocenters. The summed E-state index contributed by atoms with van der Waals surface area (Å²) in [7, 11) is 0. The van der Waals surface area contributed by atoms with E-state index in [4.69, 9.17) is 4.74 Å². The Hall–Kier alpha value is -2.10. The van der Waals surface area contributed by atoms with Crippen molar-refractivity contribution in [2.75, 3.05) is 6.61 Å². The van der Waals surface area contributed by atoms with Crippen LogP contribution in [0.4, 0.5) is 4.39 Å². The van der Waals surface area contributed by atoms with E-state index in [2.05, 4.69) is 0 Å². The van der Waals surface area contributed by atoms with E-state index in [9.17, 15) is 9.50 Å². The molecule has 1 aromatic heterocycles. The standard InChI is InChI=1S/C13H12FNO2/c14-12-5-1-2-6-13(12)17-9-8-15-7-3-4-11(16)10-15/h1-7,10H,8-9H2/p+1. The summed E-state index contributed by atoms with van der Waals surface area (Å²) >= 11 is 0. The van der Waals surface area contributed by atoms with Crippen LogP contribution in [0.25, 0.3) is 0 Å². The molecule has 3 nitrogen and oxygen atoms in total. The number of benzene rings is 1. The number of nitrogens with zero attached hydrogens (tertiary/aromatic N) is 1. The molecule has 1 N–H and O–H groups in total. The van der Waals surface area contributed by atoms with Gasteiger partial charge in [-0.15, -0.1) is 0 Å². The van der Waals surface area contributed by atoms with Gasteiger partial charge in [0.1, 0.15) is 6.61 Å². The second-order valence-corrected chi connectivity index (χ2v) is 3.58. The minimum atomic E-state index is -0.367. The van der Waals surface area contributed by atoms with Gasteiger partial charge in [-0.3, -0.25) is 0 Å². The second kappa shape index (κ2) is 5.30. The fourth-order valence-corrected chi connectivity index (χ4v) is 1.47. The third-order valence-electron chi connectivity index (χ3n) is 2.29. The number of aromatic hydroxyl groups is 1. The van der Waals surface area contributed by atoms with E-state index in [-0.39, 0.29) is 17.3 Å². The van der Waals surface area contributed by atoms with Crippen molar-refractivity contribution in [2.24, 2.45) is 0 Å². The summed E-state index contributed by atoms with van der Waals surface area (Å²) in [5.41, 5.74) is 0. The van der Waals surface area contributed by atoms with E-state index in [1.165, 1.54) is 6.07 Å². The maximum absolute atomic E-state index is 13.2. The topological polar surface area (TPSA) is 33.3 Å². The lowest BCUT2D eigenvalue weighted by atomic mass is 10.3. The average Bonchev–Trinajstić information content (AvgIpc) is 2.32. The lowest BCUT2D eigenvalue weighted by Gasteiger charge is -2.04. The monoisotopic (exact) mass is 234 g/mol. The molecule has 0 radical (unpaired) electrons. The van der Waals surface area contributed by atoms with Crippen LogP contribution in [-0.2, 0) is 6.54 Å². The van der Waals surface area contributed by atoms with Gasteiger partial charge in [-0.25, -0.2) is 4.39 Å². The molecule has 2 rings (SSSR count). The molecule has 0 aliphatic heterocycles. The number of para-hydroxylation sites is 1. The average molecular weight is 234 g/mol. The third kappa shape index (κ3) is 3.17. The van der Waals surface area contributed by atoms with Crippen molar-refractivity contribution in [2.45, 2.75) is 6.54 Å². The third-order valence-corrected chi connectivity index (χ3v) is 2.29. The molecule has 0 amide bonds. The number of pyridine rings is 1. The van der Waals surface area contributed by atoms with Gasteiger partial charge in [-0.1, -0.05) is 12.1 Å². The molecule has 4 heteroatoms. The van der Waals surface area contributed by atoms with Crippen LogP contribution in [-0.4, -0.2) is 11.7 Å². The highest BCUT2D eigenvalue weighted by Crippen LogP contribution is 2.14. The van der Waals surface area contributed by atoms with Gasteiger partial charge in [0.2, 0.25) is 6.20 Å². The Labute approximate surface area is 98.7 Å². The van der Waals surface area contributed by atoms with Crippen LogP contribution in [0.3, 0.4) is 0 Å². The van der Waals surface area contributed by atoms with E-state index < -0.39 is 0 Å². The number of hydrogen-bond acceptors (Lipinski definition) is 2. The predicted molar refractivity (Wildman–Crippen MR) is 60.2 cm³/mol. The summed E-state index contributed by atoms with van der Waals surface area (Å²) in [4.78, 5) is 0. The zero-order valence-electron chi connectivity index (χ0n) is 9.21. The smallest absolute Gasteiger partial charge is 0.211 e. The maximum Gasteiger partial charge on any atom is 0.211 e. The molecule has 88 valence electrons. The van der Waals surface area contributed by atoms with Crippen molar-refractivity contribution in [1.82, 2.24) is 0 Å². The highest BCUT2D eigenvalue weighted by molar-refractivity contribution is 5.23. The van der Waals surface area contributed by atoms with Crippen molar-refractivity contribution < 1.29 is 18.8 Å². The van der Waals surface area contributed by atoms with Gasteiger partial charge in [-0.05, 0) is 18.2 Å². The summed E-state index contributed by atoms with van der Waals surface area (Å²) in [5, 5.41) is 9.25. The molecule has 0 aliphatic carbocycles. The molecule has 0 saturated carbocycles. The predicted octanol–water partition coefficient (Wildman–Crippen LogP) is 1.90. The van der Waals surface area contributed by atoms with Crippen LogP contribution in [0.2, 0.25) is 0 Å². The van der Waals surface area contributed by atoms with Crippen molar-refractivity contribution >= 4 is 0 Å². The Kier molecular flexibility index (Phi) is 3.55. The summed E-state index contributed by atoms with van der Waals surface area (Å²) < 4.78 is 20.3. The van der Waals surface area contributed by atoms with Crippen LogP contribution < -0.4 is 9.30 Å². The fraction of sp³-hybridized carbons (Fsp3) is 0.154. The van der Waals surface area contributed by atoms with Crippen LogP contribution in [0.15, 0.2) is 48.8 Å². The molecule has 0 spiro atoms. The quantitative estimate of drug-likeness (QED) is 0.820. The van der Waals surface area contributed by atoms with Crippen LogP contribution in [0, 0.1) is 5.82 Å². The van der Waals surface area contributed by atoms with Crippen LogP contribution in [0.1, 0.15) is 0 Å². The number of halogens is 1. The summed E-state index contributed by atoms with van der Waals surface area (Å²) in [6, 6.07) is 9.61. The van der Waals surface area contributed by atoms with E-state index >= 15 is 0 Å². The molecule has 0 atom stereocenters. The molecule has 0 fully saturated rings. The number of aromatic nitrogens is 1. The SMILES string of the molecule is Oc1ccc[n+](CCOc2ccccc2F)c1. The van der Waals surface area contributed by atoms with Gasteiger partial charge >= 0.3 is 0 Å². The Morgan fingerprint density at radius 3 is 2.76 bits per heavy atom.